The van der Waals surface area contributed by atoms with Crippen LogP contribution in [0.1, 0.15) is 18.2 Å². The van der Waals surface area contributed by atoms with Crippen molar-refractivity contribution in [3.63, 3.8) is 0 Å². The number of H-pyrrole nitrogens is 1. The Morgan fingerprint density at radius 3 is 2.62 bits per heavy atom. The van der Waals surface area contributed by atoms with Gasteiger partial charge in [0.05, 0.1) is 11.4 Å². The number of rotatable bonds is 2. The van der Waals surface area contributed by atoms with Gasteiger partial charge in [0.15, 0.2) is 0 Å². The van der Waals surface area contributed by atoms with E-state index in [9.17, 15) is 4.79 Å². The van der Waals surface area contributed by atoms with Gasteiger partial charge in [-0.3, -0.25) is 9.89 Å². The smallest absolute Gasteiger partial charge is 0.294 e. The molecule has 4 nitrogen and oxygen atoms in total. The molecule has 0 amide bonds. The molecule has 0 radical (unpaired) electrons. The summed E-state index contributed by atoms with van der Waals surface area (Å²) < 4.78 is 1.50. The normalized spacial score (nSPS) is 10.6. The zero-order valence-corrected chi connectivity index (χ0v) is 9.45. The quantitative estimate of drug-likeness (QED) is 0.802. The summed E-state index contributed by atoms with van der Waals surface area (Å²) in [7, 11) is 0. The van der Waals surface area contributed by atoms with Crippen LogP contribution in [0.4, 0.5) is 5.69 Å². The van der Waals surface area contributed by atoms with E-state index in [1.165, 1.54) is 4.68 Å². The van der Waals surface area contributed by atoms with E-state index in [1.807, 2.05) is 38.1 Å². The number of nitrogens with two attached hydrogens (primary N) is 1. The number of hydrogen-bond acceptors (Lipinski definition) is 2. The summed E-state index contributed by atoms with van der Waals surface area (Å²) in [5, 5.41) is 3.04. The van der Waals surface area contributed by atoms with Crippen molar-refractivity contribution in [3.05, 3.63) is 45.9 Å². The molecule has 2 rings (SSSR count). The number of nitrogen functional groups attached to an aromatic ring is 1. The Balaban J connectivity index is 2.66. The van der Waals surface area contributed by atoms with Crippen LogP contribution in [0.25, 0.3) is 5.69 Å². The summed E-state index contributed by atoms with van der Waals surface area (Å²) in [6.07, 6.45) is 0.722. The average Bonchev–Trinajstić information content (AvgIpc) is 2.57. The minimum atomic E-state index is -0.175. The van der Waals surface area contributed by atoms with E-state index in [-0.39, 0.29) is 5.56 Å². The average molecular weight is 217 g/mol. The highest BCUT2D eigenvalue weighted by atomic mass is 16.1. The molecule has 1 aromatic carbocycles. The van der Waals surface area contributed by atoms with Crippen molar-refractivity contribution >= 4 is 5.69 Å². The van der Waals surface area contributed by atoms with Crippen molar-refractivity contribution in [2.75, 3.05) is 5.73 Å². The molecule has 1 heterocycles. The van der Waals surface area contributed by atoms with E-state index in [2.05, 4.69) is 5.10 Å². The minimum absolute atomic E-state index is 0.175. The molecule has 1 aromatic heterocycles. The number of anilines is 1. The first kappa shape index (κ1) is 10.5. The zero-order valence-electron chi connectivity index (χ0n) is 9.45. The summed E-state index contributed by atoms with van der Waals surface area (Å²) in [5.74, 6) is 0. The standard InChI is InChI=1S/C12H15N3O/c1-3-9-11(13)12(16)15(14-9)10-7-5-4-6-8(10)2/h4-7,14H,3,13H2,1-2H3. The van der Waals surface area contributed by atoms with Crippen LogP contribution in [0.15, 0.2) is 29.1 Å². The molecule has 0 spiro atoms. The number of aromatic nitrogens is 2. The second-order valence-corrected chi connectivity index (χ2v) is 3.78. The van der Waals surface area contributed by atoms with E-state index in [0.29, 0.717) is 5.69 Å². The molecular weight excluding hydrogens is 202 g/mol. The van der Waals surface area contributed by atoms with Crippen LogP contribution in [0.5, 0.6) is 0 Å². The number of hydrogen-bond donors (Lipinski definition) is 2. The van der Waals surface area contributed by atoms with Crippen molar-refractivity contribution in [3.8, 4) is 5.69 Å². The first-order valence-electron chi connectivity index (χ1n) is 5.30. The second-order valence-electron chi connectivity index (χ2n) is 3.78. The molecule has 2 aromatic rings. The van der Waals surface area contributed by atoms with Gasteiger partial charge in [0.2, 0.25) is 0 Å². The van der Waals surface area contributed by atoms with Gasteiger partial charge >= 0.3 is 0 Å². The third-order valence-corrected chi connectivity index (χ3v) is 2.72. The predicted octanol–water partition coefficient (Wildman–Crippen LogP) is 1.62. The van der Waals surface area contributed by atoms with Gasteiger partial charge in [0, 0.05) is 0 Å². The summed E-state index contributed by atoms with van der Waals surface area (Å²) in [6.45, 7) is 3.92. The summed E-state index contributed by atoms with van der Waals surface area (Å²) in [5.41, 5.74) is 8.54. The first-order valence-corrected chi connectivity index (χ1v) is 5.30. The molecule has 3 N–H and O–H groups in total. The Morgan fingerprint density at radius 2 is 2.06 bits per heavy atom. The molecule has 0 bridgehead atoms. The van der Waals surface area contributed by atoms with E-state index in [0.717, 1.165) is 23.4 Å². The monoisotopic (exact) mass is 217 g/mol. The fraction of sp³-hybridized carbons (Fsp3) is 0.250. The van der Waals surface area contributed by atoms with Gasteiger partial charge in [-0.05, 0) is 25.0 Å². The van der Waals surface area contributed by atoms with Gasteiger partial charge < -0.3 is 5.73 Å². The Bertz CT molecular complexity index is 566. The molecule has 4 heteroatoms. The van der Waals surface area contributed by atoms with Gasteiger partial charge in [-0.15, -0.1) is 0 Å². The lowest BCUT2D eigenvalue weighted by atomic mass is 10.2. The SMILES string of the molecule is CCc1[nH]n(-c2ccccc2C)c(=O)c1N. The Labute approximate surface area is 93.7 Å². The third-order valence-electron chi connectivity index (χ3n) is 2.72. The van der Waals surface area contributed by atoms with Crippen LogP contribution in [0, 0.1) is 6.92 Å². The maximum atomic E-state index is 11.9. The Hall–Kier alpha value is -1.97. The molecular formula is C12H15N3O. The minimum Gasteiger partial charge on any atom is -0.393 e. The molecule has 0 fully saturated rings. The lowest BCUT2D eigenvalue weighted by molar-refractivity contribution is 0.814. The van der Waals surface area contributed by atoms with Crippen LogP contribution in [0.3, 0.4) is 0 Å². The van der Waals surface area contributed by atoms with Crippen LogP contribution in [-0.4, -0.2) is 9.78 Å². The summed E-state index contributed by atoms with van der Waals surface area (Å²) in [6, 6.07) is 7.70. The number of benzene rings is 1. The zero-order chi connectivity index (χ0) is 11.7. The highest BCUT2D eigenvalue weighted by Gasteiger charge is 2.11. The van der Waals surface area contributed by atoms with Crippen LogP contribution in [0.2, 0.25) is 0 Å². The third kappa shape index (κ3) is 1.52. The molecule has 0 atom stereocenters. The van der Waals surface area contributed by atoms with Crippen molar-refractivity contribution in [2.45, 2.75) is 20.3 Å². The van der Waals surface area contributed by atoms with E-state index < -0.39 is 0 Å². The Kier molecular flexibility index (Phi) is 2.56. The number of nitrogens with one attached hydrogen (secondary N) is 1. The van der Waals surface area contributed by atoms with Gasteiger partial charge in [0.25, 0.3) is 5.56 Å². The molecule has 0 aliphatic heterocycles. The van der Waals surface area contributed by atoms with E-state index in [4.69, 9.17) is 5.73 Å². The maximum absolute atomic E-state index is 11.9. The molecule has 0 aliphatic carbocycles. The summed E-state index contributed by atoms with van der Waals surface area (Å²) >= 11 is 0. The van der Waals surface area contributed by atoms with Crippen LogP contribution in [-0.2, 0) is 6.42 Å². The first-order chi connectivity index (χ1) is 7.65. The maximum Gasteiger partial charge on any atom is 0.294 e. The van der Waals surface area contributed by atoms with Gasteiger partial charge in [0.1, 0.15) is 5.69 Å². The van der Waals surface area contributed by atoms with Crippen molar-refractivity contribution < 1.29 is 0 Å². The van der Waals surface area contributed by atoms with Crippen molar-refractivity contribution in [1.82, 2.24) is 9.78 Å². The number of nitrogens with zero attached hydrogens (tertiary/aromatic N) is 1. The Morgan fingerprint density at radius 1 is 1.38 bits per heavy atom. The second kappa shape index (κ2) is 3.89. The number of aromatic amines is 1. The van der Waals surface area contributed by atoms with Gasteiger partial charge in [-0.25, -0.2) is 4.68 Å². The lowest BCUT2D eigenvalue weighted by Crippen LogP contribution is -2.17. The molecule has 84 valence electrons. The predicted molar refractivity (Wildman–Crippen MR) is 64.9 cm³/mol. The molecule has 0 saturated heterocycles. The molecule has 0 aliphatic rings. The number of aryl methyl sites for hydroxylation is 2. The van der Waals surface area contributed by atoms with Crippen LogP contribution < -0.4 is 11.3 Å². The van der Waals surface area contributed by atoms with Crippen molar-refractivity contribution in [2.24, 2.45) is 0 Å². The largest absolute Gasteiger partial charge is 0.393 e. The molecule has 0 saturated carbocycles. The highest BCUT2D eigenvalue weighted by Crippen LogP contribution is 2.13. The van der Waals surface area contributed by atoms with Gasteiger partial charge in [-0.1, -0.05) is 25.1 Å². The topological polar surface area (TPSA) is 63.8 Å². The summed E-state index contributed by atoms with van der Waals surface area (Å²) in [4.78, 5) is 11.9. The fourth-order valence-electron chi connectivity index (χ4n) is 1.75. The number of para-hydroxylation sites is 1. The molecule has 0 unspecified atom stereocenters. The van der Waals surface area contributed by atoms with Crippen molar-refractivity contribution in [1.29, 1.82) is 0 Å². The molecule has 16 heavy (non-hydrogen) atoms. The van der Waals surface area contributed by atoms with Crippen LogP contribution >= 0.6 is 0 Å². The van der Waals surface area contributed by atoms with Gasteiger partial charge in [-0.2, -0.15) is 0 Å². The fourth-order valence-corrected chi connectivity index (χ4v) is 1.75. The highest BCUT2D eigenvalue weighted by molar-refractivity contribution is 5.46. The lowest BCUT2D eigenvalue weighted by Gasteiger charge is -2.04. The van der Waals surface area contributed by atoms with E-state index >= 15 is 0 Å². The van der Waals surface area contributed by atoms with E-state index in [1.54, 1.807) is 0 Å².